The zero-order chi connectivity index (χ0) is 16.8. The van der Waals surface area contributed by atoms with Gasteiger partial charge in [0.05, 0.1) is 14.2 Å². The van der Waals surface area contributed by atoms with Crippen molar-refractivity contribution in [1.82, 2.24) is 5.32 Å². The van der Waals surface area contributed by atoms with Crippen LogP contribution in [0.1, 0.15) is 21.5 Å². The van der Waals surface area contributed by atoms with Crippen LogP contribution in [0.3, 0.4) is 0 Å². The maximum absolute atomic E-state index is 12.2. The van der Waals surface area contributed by atoms with Crippen molar-refractivity contribution in [1.29, 1.82) is 0 Å². The molecule has 0 unspecified atom stereocenters. The van der Waals surface area contributed by atoms with E-state index in [0.29, 0.717) is 35.7 Å². The highest BCUT2D eigenvalue weighted by molar-refractivity contribution is 5.96. The standard InChI is InChI=1S/C18H22N2O3/c1-12-4-6-14(19)11-15(12)18(21)20-9-8-13-5-7-16(22-2)17(10-13)23-3/h4-7,10-11H,8-9,19H2,1-3H3,(H,20,21). The van der Waals surface area contributed by atoms with E-state index in [-0.39, 0.29) is 5.91 Å². The fraction of sp³-hybridized carbons (Fsp3) is 0.278. The Balaban J connectivity index is 1.97. The highest BCUT2D eigenvalue weighted by Gasteiger charge is 2.09. The second-order valence-corrected chi connectivity index (χ2v) is 5.27. The van der Waals surface area contributed by atoms with Crippen molar-refractivity contribution in [2.24, 2.45) is 0 Å². The lowest BCUT2D eigenvalue weighted by atomic mass is 10.1. The van der Waals surface area contributed by atoms with Crippen molar-refractivity contribution < 1.29 is 14.3 Å². The van der Waals surface area contributed by atoms with Crippen LogP contribution in [0, 0.1) is 6.92 Å². The van der Waals surface area contributed by atoms with Crippen molar-refractivity contribution in [3.63, 3.8) is 0 Å². The molecule has 122 valence electrons. The number of rotatable bonds is 6. The molecule has 0 aliphatic heterocycles. The molecule has 0 radical (unpaired) electrons. The number of aryl methyl sites for hydroxylation is 1. The number of hydrogen-bond acceptors (Lipinski definition) is 4. The number of carbonyl (C=O) groups is 1. The van der Waals surface area contributed by atoms with Gasteiger partial charge in [0.15, 0.2) is 11.5 Å². The van der Waals surface area contributed by atoms with Gasteiger partial charge in [-0.05, 0) is 48.7 Å². The molecule has 5 nitrogen and oxygen atoms in total. The van der Waals surface area contributed by atoms with E-state index >= 15 is 0 Å². The number of nitrogen functional groups attached to an aromatic ring is 1. The second-order valence-electron chi connectivity index (χ2n) is 5.27. The smallest absolute Gasteiger partial charge is 0.251 e. The molecule has 0 atom stereocenters. The van der Waals surface area contributed by atoms with E-state index in [1.807, 2.05) is 31.2 Å². The first kappa shape index (κ1) is 16.7. The first-order valence-corrected chi connectivity index (χ1v) is 7.40. The van der Waals surface area contributed by atoms with Gasteiger partial charge in [0.1, 0.15) is 0 Å². The van der Waals surface area contributed by atoms with Gasteiger partial charge in [-0.15, -0.1) is 0 Å². The molecule has 0 heterocycles. The second kappa shape index (κ2) is 7.54. The monoisotopic (exact) mass is 314 g/mol. The highest BCUT2D eigenvalue weighted by Crippen LogP contribution is 2.27. The Morgan fingerprint density at radius 1 is 1.09 bits per heavy atom. The van der Waals surface area contributed by atoms with Crippen LogP contribution in [0.5, 0.6) is 11.5 Å². The van der Waals surface area contributed by atoms with E-state index in [1.54, 1.807) is 26.4 Å². The summed E-state index contributed by atoms with van der Waals surface area (Å²) in [6.45, 7) is 2.42. The third kappa shape index (κ3) is 4.16. The summed E-state index contributed by atoms with van der Waals surface area (Å²) in [4.78, 5) is 12.2. The number of hydrogen-bond donors (Lipinski definition) is 2. The normalized spacial score (nSPS) is 10.2. The van der Waals surface area contributed by atoms with Gasteiger partial charge < -0.3 is 20.5 Å². The summed E-state index contributed by atoms with van der Waals surface area (Å²) >= 11 is 0. The molecule has 23 heavy (non-hydrogen) atoms. The SMILES string of the molecule is COc1ccc(CCNC(=O)c2cc(N)ccc2C)cc1OC. The summed E-state index contributed by atoms with van der Waals surface area (Å²) in [6, 6.07) is 11.1. The lowest BCUT2D eigenvalue weighted by molar-refractivity contribution is 0.0953. The van der Waals surface area contributed by atoms with Crippen LogP contribution in [0.4, 0.5) is 5.69 Å². The Bertz CT molecular complexity index is 699. The summed E-state index contributed by atoms with van der Waals surface area (Å²) < 4.78 is 10.5. The third-order valence-electron chi connectivity index (χ3n) is 3.65. The van der Waals surface area contributed by atoms with Crippen LogP contribution in [-0.2, 0) is 6.42 Å². The molecule has 0 aromatic heterocycles. The topological polar surface area (TPSA) is 73.6 Å². The predicted octanol–water partition coefficient (Wildman–Crippen LogP) is 2.57. The first-order valence-electron chi connectivity index (χ1n) is 7.40. The average molecular weight is 314 g/mol. The Morgan fingerprint density at radius 2 is 1.83 bits per heavy atom. The molecule has 0 fully saturated rings. The first-order chi connectivity index (χ1) is 11.0. The Kier molecular flexibility index (Phi) is 5.46. The molecule has 2 aromatic carbocycles. The number of anilines is 1. The zero-order valence-electron chi connectivity index (χ0n) is 13.7. The van der Waals surface area contributed by atoms with E-state index in [2.05, 4.69) is 5.32 Å². The van der Waals surface area contributed by atoms with Crippen molar-refractivity contribution in [2.45, 2.75) is 13.3 Å². The van der Waals surface area contributed by atoms with Gasteiger partial charge in [-0.2, -0.15) is 0 Å². The molecule has 3 N–H and O–H groups in total. The van der Waals surface area contributed by atoms with Crippen molar-refractivity contribution in [3.8, 4) is 11.5 Å². The van der Waals surface area contributed by atoms with Crippen LogP contribution in [0.25, 0.3) is 0 Å². The van der Waals surface area contributed by atoms with Crippen molar-refractivity contribution in [3.05, 3.63) is 53.1 Å². The fourth-order valence-corrected chi connectivity index (χ4v) is 2.34. The van der Waals surface area contributed by atoms with Gasteiger partial charge in [0, 0.05) is 17.8 Å². The molecule has 0 bridgehead atoms. The predicted molar refractivity (Wildman–Crippen MR) is 91.2 cm³/mol. The maximum atomic E-state index is 12.2. The van der Waals surface area contributed by atoms with E-state index < -0.39 is 0 Å². The van der Waals surface area contributed by atoms with Gasteiger partial charge in [-0.1, -0.05) is 12.1 Å². The maximum Gasteiger partial charge on any atom is 0.251 e. The van der Waals surface area contributed by atoms with Gasteiger partial charge in [0.2, 0.25) is 0 Å². The molecule has 2 rings (SSSR count). The fourth-order valence-electron chi connectivity index (χ4n) is 2.34. The zero-order valence-corrected chi connectivity index (χ0v) is 13.7. The molecule has 0 aliphatic rings. The molecule has 5 heteroatoms. The molecule has 0 saturated carbocycles. The molecular weight excluding hydrogens is 292 g/mol. The summed E-state index contributed by atoms with van der Waals surface area (Å²) in [5.41, 5.74) is 8.90. The van der Waals surface area contributed by atoms with Gasteiger partial charge >= 0.3 is 0 Å². The van der Waals surface area contributed by atoms with E-state index in [4.69, 9.17) is 15.2 Å². The Morgan fingerprint density at radius 3 is 2.52 bits per heavy atom. The number of amides is 1. The highest BCUT2D eigenvalue weighted by atomic mass is 16.5. The van der Waals surface area contributed by atoms with Crippen LogP contribution < -0.4 is 20.5 Å². The minimum Gasteiger partial charge on any atom is -0.493 e. The van der Waals surface area contributed by atoms with Crippen LogP contribution in [0.2, 0.25) is 0 Å². The van der Waals surface area contributed by atoms with Crippen LogP contribution >= 0.6 is 0 Å². The summed E-state index contributed by atoms with van der Waals surface area (Å²) in [6.07, 6.45) is 0.702. The molecular formula is C18H22N2O3. The quantitative estimate of drug-likeness (QED) is 0.804. The molecule has 2 aromatic rings. The van der Waals surface area contributed by atoms with Crippen LogP contribution in [0.15, 0.2) is 36.4 Å². The Labute approximate surface area is 136 Å². The number of methoxy groups -OCH3 is 2. The van der Waals surface area contributed by atoms with E-state index in [0.717, 1.165) is 11.1 Å². The lowest BCUT2D eigenvalue weighted by Gasteiger charge is -2.11. The third-order valence-corrected chi connectivity index (χ3v) is 3.65. The number of benzene rings is 2. The van der Waals surface area contributed by atoms with E-state index in [9.17, 15) is 4.79 Å². The van der Waals surface area contributed by atoms with Crippen LogP contribution in [-0.4, -0.2) is 26.7 Å². The largest absolute Gasteiger partial charge is 0.493 e. The summed E-state index contributed by atoms with van der Waals surface area (Å²) in [7, 11) is 3.21. The van der Waals surface area contributed by atoms with Crippen molar-refractivity contribution in [2.75, 3.05) is 26.5 Å². The summed E-state index contributed by atoms with van der Waals surface area (Å²) in [5.74, 6) is 1.26. The lowest BCUT2D eigenvalue weighted by Crippen LogP contribution is -2.26. The number of ether oxygens (including phenoxy) is 2. The molecule has 1 amide bonds. The van der Waals surface area contributed by atoms with Gasteiger partial charge in [-0.25, -0.2) is 0 Å². The number of carbonyl (C=O) groups excluding carboxylic acids is 1. The molecule has 0 spiro atoms. The molecule has 0 aliphatic carbocycles. The Hall–Kier alpha value is -2.69. The average Bonchev–Trinajstić information content (AvgIpc) is 2.56. The summed E-state index contributed by atoms with van der Waals surface area (Å²) in [5, 5.41) is 2.92. The van der Waals surface area contributed by atoms with Gasteiger partial charge in [-0.3, -0.25) is 4.79 Å². The minimum absolute atomic E-state index is 0.115. The minimum atomic E-state index is -0.115. The number of nitrogens with two attached hydrogens (primary N) is 1. The van der Waals surface area contributed by atoms with Gasteiger partial charge in [0.25, 0.3) is 5.91 Å². The molecule has 0 saturated heterocycles. The van der Waals surface area contributed by atoms with E-state index in [1.165, 1.54) is 0 Å². The van der Waals surface area contributed by atoms with Crippen molar-refractivity contribution >= 4 is 11.6 Å². The number of nitrogens with one attached hydrogen (secondary N) is 1.